The quantitative estimate of drug-likeness (QED) is 0.929. The number of sulfonamides is 1. The molecular weight excluding hydrogens is 326 g/mol. The lowest BCUT2D eigenvalue weighted by Crippen LogP contribution is -2.29. The summed E-state index contributed by atoms with van der Waals surface area (Å²) in [6, 6.07) is 11.7. The third kappa shape index (κ3) is 3.99. The second-order valence-corrected chi connectivity index (χ2v) is 6.81. The average molecular weight is 340 g/mol. The molecule has 2 aromatic rings. The van der Waals surface area contributed by atoms with E-state index in [-0.39, 0.29) is 5.56 Å². The predicted molar refractivity (Wildman–Crippen MR) is 85.8 cm³/mol. The Morgan fingerprint density at radius 2 is 1.91 bits per heavy atom. The predicted octanol–water partition coefficient (Wildman–Crippen LogP) is 2.71. The first-order chi connectivity index (χ1) is 10.3. The molecule has 116 valence electrons. The van der Waals surface area contributed by atoms with Gasteiger partial charge in [0.15, 0.2) is 0 Å². The van der Waals surface area contributed by atoms with E-state index in [4.69, 9.17) is 16.3 Å². The zero-order chi connectivity index (χ0) is 16.3. The highest BCUT2D eigenvalue weighted by Gasteiger charge is 2.13. The van der Waals surface area contributed by atoms with E-state index in [9.17, 15) is 13.2 Å². The van der Waals surface area contributed by atoms with Gasteiger partial charge in [0, 0.05) is 16.1 Å². The molecule has 0 unspecified atom stereocenters. The van der Waals surface area contributed by atoms with E-state index >= 15 is 0 Å². The molecule has 1 N–H and O–H groups in total. The molecule has 0 saturated heterocycles. The molecule has 0 aliphatic heterocycles. The van der Waals surface area contributed by atoms with Gasteiger partial charge in [-0.15, -0.1) is 0 Å². The maximum atomic E-state index is 11.9. The Morgan fingerprint density at radius 1 is 1.18 bits per heavy atom. The molecule has 22 heavy (non-hydrogen) atoms. The maximum absolute atomic E-state index is 11.9. The first kappa shape index (κ1) is 16.3. The van der Waals surface area contributed by atoms with Crippen molar-refractivity contribution in [1.29, 1.82) is 0 Å². The molecule has 0 spiro atoms. The minimum absolute atomic E-state index is 0.227. The fraction of sp³-hybridized carbons (Fsp3) is 0.133. The van der Waals surface area contributed by atoms with Crippen LogP contribution in [0.3, 0.4) is 0 Å². The van der Waals surface area contributed by atoms with E-state index in [1.807, 2.05) is 4.72 Å². The summed E-state index contributed by atoms with van der Waals surface area (Å²) in [6.07, 6.45) is 0.925. The van der Waals surface area contributed by atoms with Crippen LogP contribution in [0.5, 0.6) is 5.75 Å². The largest absolute Gasteiger partial charge is 0.496 e. The Hall–Kier alpha value is -2.05. The number of benzene rings is 2. The molecule has 0 aromatic heterocycles. The second kappa shape index (κ2) is 6.37. The van der Waals surface area contributed by atoms with Gasteiger partial charge in [0.05, 0.1) is 13.4 Å². The molecule has 1 amide bonds. The molecular formula is C15H14ClNO4S. The molecule has 0 heterocycles. The minimum Gasteiger partial charge on any atom is -0.496 e. The van der Waals surface area contributed by atoms with E-state index in [1.165, 1.54) is 13.2 Å². The average Bonchev–Trinajstić information content (AvgIpc) is 2.45. The standard InChI is InChI=1S/C15H14ClNO4S/c1-21-14-7-6-12(16)9-13(14)10-4-3-5-11(8-10)15(18)17-22(2,19)20/h3-9H,1-2H3,(H,17,18). The molecule has 0 radical (unpaired) electrons. The number of ether oxygens (including phenoxy) is 1. The van der Waals surface area contributed by atoms with Crippen molar-refractivity contribution >= 4 is 27.5 Å². The molecule has 5 nitrogen and oxygen atoms in total. The Kier molecular flexibility index (Phi) is 4.73. The number of hydrogen-bond acceptors (Lipinski definition) is 4. The van der Waals surface area contributed by atoms with Crippen molar-refractivity contribution in [2.45, 2.75) is 0 Å². The van der Waals surface area contributed by atoms with Crippen LogP contribution in [-0.4, -0.2) is 27.7 Å². The van der Waals surface area contributed by atoms with Crippen molar-refractivity contribution in [3.63, 3.8) is 0 Å². The minimum atomic E-state index is -3.61. The molecule has 0 saturated carbocycles. The Labute approximate surface area is 133 Å². The number of amides is 1. The van der Waals surface area contributed by atoms with Gasteiger partial charge in [0.2, 0.25) is 10.0 Å². The highest BCUT2D eigenvalue weighted by Crippen LogP contribution is 2.32. The van der Waals surface area contributed by atoms with Crippen LogP contribution in [0, 0.1) is 0 Å². The van der Waals surface area contributed by atoms with Gasteiger partial charge in [-0.1, -0.05) is 23.7 Å². The van der Waals surface area contributed by atoms with Crippen molar-refractivity contribution in [2.24, 2.45) is 0 Å². The number of halogens is 1. The van der Waals surface area contributed by atoms with Crippen molar-refractivity contribution in [3.05, 3.63) is 53.1 Å². The van der Waals surface area contributed by atoms with Gasteiger partial charge < -0.3 is 4.74 Å². The van der Waals surface area contributed by atoms with Crippen LogP contribution < -0.4 is 9.46 Å². The van der Waals surface area contributed by atoms with E-state index in [0.29, 0.717) is 21.9 Å². The molecule has 2 aromatic carbocycles. The molecule has 0 atom stereocenters. The summed E-state index contributed by atoms with van der Waals surface area (Å²) < 4.78 is 29.5. The summed E-state index contributed by atoms with van der Waals surface area (Å²) in [6.45, 7) is 0. The summed E-state index contributed by atoms with van der Waals surface area (Å²) in [4.78, 5) is 11.9. The molecule has 0 aliphatic rings. The number of hydrogen-bond donors (Lipinski definition) is 1. The van der Waals surface area contributed by atoms with E-state index < -0.39 is 15.9 Å². The number of carbonyl (C=O) groups excluding carboxylic acids is 1. The van der Waals surface area contributed by atoms with Crippen molar-refractivity contribution < 1.29 is 17.9 Å². The maximum Gasteiger partial charge on any atom is 0.264 e. The summed E-state index contributed by atoms with van der Waals surface area (Å²) in [5, 5.41) is 0.529. The number of carbonyl (C=O) groups is 1. The van der Waals surface area contributed by atoms with E-state index in [0.717, 1.165) is 6.26 Å². The van der Waals surface area contributed by atoms with Crippen LogP contribution >= 0.6 is 11.6 Å². The first-order valence-corrected chi connectivity index (χ1v) is 8.53. The van der Waals surface area contributed by atoms with Gasteiger partial charge in [-0.05, 0) is 35.9 Å². The van der Waals surface area contributed by atoms with Gasteiger partial charge in [0.1, 0.15) is 5.75 Å². The van der Waals surface area contributed by atoms with Gasteiger partial charge in [-0.3, -0.25) is 4.79 Å². The highest BCUT2D eigenvalue weighted by molar-refractivity contribution is 7.89. The lowest BCUT2D eigenvalue weighted by Gasteiger charge is -2.10. The molecule has 7 heteroatoms. The van der Waals surface area contributed by atoms with E-state index in [1.54, 1.807) is 36.4 Å². The monoisotopic (exact) mass is 339 g/mol. The number of methoxy groups -OCH3 is 1. The molecule has 0 bridgehead atoms. The number of rotatable bonds is 4. The fourth-order valence-electron chi connectivity index (χ4n) is 1.96. The first-order valence-electron chi connectivity index (χ1n) is 6.26. The third-order valence-electron chi connectivity index (χ3n) is 2.88. The Bertz CT molecular complexity index is 818. The lowest BCUT2D eigenvalue weighted by atomic mass is 10.0. The van der Waals surface area contributed by atoms with E-state index in [2.05, 4.69) is 0 Å². The zero-order valence-corrected chi connectivity index (χ0v) is 13.5. The smallest absolute Gasteiger partial charge is 0.264 e. The highest BCUT2D eigenvalue weighted by atomic mass is 35.5. The molecule has 0 aliphatic carbocycles. The molecule has 0 fully saturated rings. The number of nitrogens with one attached hydrogen (secondary N) is 1. The Balaban J connectivity index is 2.45. The van der Waals surface area contributed by atoms with Gasteiger partial charge in [-0.2, -0.15) is 0 Å². The fourth-order valence-corrected chi connectivity index (χ4v) is 2.59. The van der Waals surface area contributed by atoms with Crippen LogP contribution in [0.1, 0.15) is 10.4 Å². The third-order valence-corrected chi connectivity index (χ3v) is 3.67. The van der Waals surface area contributed by atoms with Crippen molar-refractivity contribution in [3.8, 4) is 16.9 Å². The van der Waals surface area contributed by atoms with Crippen LogP contribution in [0.25, 0.3) is 11.1 Å². The lowest BCUT2D eigenvalue weighted by molar-refractivity contribution is 0.0981. The van der Waals surface area contributed by atoms with Crippen LogP contribution in [-0.2, 0) is 10.0 Å². The van der Waals surface area contributed by atoms with Gasteiger partial charge in [-0.25, -0.2) is 13.1 Å². The normalized spacial score (nSPS) is 11.0. The SMILES string of the molecule is COc1ccc(Cl)cc1-c1cccc(C(=O)NS(C)(=O)=O)c1. The van der Waals surface area contributed by atoms with Crippen LogP contribution in [0.15, 0.2) is 42.5 Å². The summed E-state index contributed by atoms with van der Waals surface area (Å²) in [5.41, 5.74) is 1.63. The Morgan fingerprint density at radius 3 is 2.55 bits per heavy atom. The van der Waals surface area contributed by atoms with Gasteiger partial charge >= 0.3 is 0 Å². The zero-order valence-electron chi connectivity index (χ0n) is 12.0. The summed E-state index contributed by atoms with van der Waals surface area (Å²) >= 11 is 6.00. The topological polar surface area (TPSA) is 72.5 Å². The summed E-state index contributed by atoms with van der Waals surface area (Å²) in [5.74, 6) is -0.0876. The van der Waals surface area contributed by atoms with Crippen molar-refractivity contribution in [2.75, 3.05) is 13.4 Å². The van der Waals surface area contributed by atoms with Crippen LogP contribution in [0.4, 0.5) is 0 Å². The van der Waals surface area contributed by atoms with Crippen molar-refractivity contribution in [1.82, 2.24) is 4.72 Å². The summed E-state index contributed by atoms with van der Waals surface area (Å²) in [7, 11) is -2.08. The van der Waals surface area contributed by atoms with Gasteiger partial charge in [0.25, 0.3) is 5.91 Å². The molecule has 2 rings (SSSR count). The second-order valence-electron chi connectivity index (χ2n) is 4.63. The van der Waals surface area contributed by atoms with Crippen LogP contribution in [0.2, 0.25) is 5.02 Å².